The Morgan fingerprint density at radius 2 is 1.89 bits per heavy atom. The number of nitrogens with zero attached hydrogens (tertiary/aromatic N) is 2. The van der Waals surface area contributed by atoms with Crippen molar-refractivity contribution in [1.82, 2.24) is 9.80 Å². The summed E-state index contributed by atoms with van der Waals surface area (Å²) in [6.45, 7) is 1.15. The van der Waals surface area contributed by atoms with Gasteiger partial charge in [0.2, 0.25) is 5.76 Å². The predicted octanol–water partition coefficient (Wildman–Crippen LogP) is 3.55. The zero-order valence-corrected chi connectivity index (χ0v) is 15.9. The Bertz CT molecular complexity index is 1090. The van der Waals surface area contributed by atoms with Gasteiger partial charge in [0.05, 0.1) is 17.0 Å². The van der Waals surface area contributed by atoms with Crippen LogP contribution in [0.4, 0.5) is 0 Å². The van der Waals surface area contributed by atoms with Crippen LogP contribution in [0, 0.1) is 0 Å². The molecule has 0 N–H and O–H groups in total. The molecule has 0 saturated heterocycles. The van der Waals surface area contributed by atoms with Crippen molar-refractivity contribution in [2.24, 2.45) is 0 Å². The molecular formula is C21H19ClN2O3. The van der Waals surface area contributed by atoms with Crippen molar-refractivity contribution >= 4 is 28.5 Å². The third-order valence-electron chi connectivity index (χ3n) is 4.83. The number of para-hydroxylation sites is 1. The number of halogens is 1. The molecule has 27 heavy (non-hydrogen) atoms. The first-order chi connectivity index (χ1) is 13.0. The lowest BCUT2D eigenvalue weighted by atomic mass is 9.98. The molecule has 1 atom stereocenters. The normalized spacial score (nSPS) is 16.4. The summed E-state index contributed by atoms with van der Waals surface area (Å²) in [5.41, 5.74) is 1.45. The highest BCUT2D eigenvalue weighted by atomic mass is 35.5. The second kappa shape index (κ2) is 6.83. The standard InChI is InChI=1S/C21H19ClN2O3/c1-23(2)10-11-24-18(13-6-5-7-14(22)12-13)17-19(25)15-8-3-4-9-16(15)27-20(17)21(24)26/h3-9,12,18H,10-11H2,1-2H3/t18-/m0/s1. The fraction of sp³-hybridized carbons (Fsp3) is 0.238. The Morgan fingerprint density at radius 1 is 1.11 bits per heavy atom. The zero-order valence-electron chi connectivity index (χ0n) is 15.1. The molecule has 0 fully saturated rings. The summed E-state index contributed by atoms with van der Waals surface area (Å²) in [5, 5.41) is 1.04. The van der Waals surface area contributed by atoms with Crippen molar-refractivity contribution in [3.8, 4) is 0 Å². The quantitative estimate of drug-likeness (QED) is 0.692. The highest BCUT2D eigenvalue weighted by molar-refractivity contribution is 6.30. The molecule has 0 bridgehead atoms. The van der Waals surface area contributed by atoms with Gasteiger partial charge in [-0.3, -0.25) is 9.59 Å². The Balaban J connectivity index is 1.94. The number of hydrogen-bond acceptors (Lipinski definition) is 4. The number of likely N-dealkylation sites (N-methyl/N-ethyl adjacent to an activating group) is 1. The average molecular weight is 383 g/mol. The van der Waals surface area contributed by atoms with Crippen LogP contribution in [-0.4, -0.2) is 42.9 Å². The first kappa shape index (κ1) is 17.8. The van der Waals surface area contributed by atoms with Gasteiger partial charge in [-0.15, -0.1) is 0 Å². The summed E-state index contributed by atoms with van der Waals surface area (Å²) in [6, 6.07) is 13.8. The van der Waals surface area contributed by atoms with Crippen LogP contribution in [0.1, 0.15) is 27.7 Å². The zero-order chi connectivity index (χ0) is 19.1. The average Bonchev–Trinajstić information content (AvgIpc) is 2.93. The van der Waals surface area contributed by atoms with Crippen LogP contribution in [0.25, 0.3) is 11.0 Å². The van der Waals surface area contributed by atoms with Crippen molar-refractivity contribution in [2.75, 3.05) is 27.2 Å². The van der Waals surface area contributed by atoms with E-state index in [0.29, 0.717) is 34.6 Å². The molecule has 1 amide bonds. The summed E-state index contributed by atoms with van der Waals surface area (Å²) < 4.78 is 5.88. The van der Waals surface area contributed by atoms with Gasteiger partial charge in [0.25, 0.3) is 5.91 Å². The smallest absolute Gasteiger partial charge is 0.290 e. The monoisotopic (exact) mass is 382 g/mol. The molecule has 4 rings (SSSR count). The molecule has 0 unspecified atom stereocenters. The second-order valence-electron chi connectivity index (χ2n) is 6.93. The molecule has 0 saturated carbocycles. The number of amides is 1. The van der Waals surface area contributed by atoms with Gasteiger partial charge in [-0.05, 0) is 43.9 Å². The number of benzene rings is 2. The Labute approximate surface area is 161 Å². The predicted molar refractivity (Wildman–Crippen MR) is 105 cm³/mol. The maximum Gasteiger partial charge on any atom is 0.290 e. The maximum absolute atomic E-state index is 13.2. The van der Waals surface area contributed by atoms with E-state index in [2.05, 4.69) is 0 Å². The third kappa shape index (κ3) is 3.03. The molecule has 138 valence electrons. The maximum atomic E-state index is 13.2. The van der Waals surface area contributed by atoms with Crippen LogP contribution in [-0.2, 0) is 0 Å². The van der Waals surface area contributed by atoms with Gasteiger partial charge in [0, 0.05) is 18.1 Å². The summed E-state index contributed by atoms with van der Waals surface area (Å²) in [4.78, 5) is 30.0. The van der Waals surface area contributed by atoms with E-state index in [4.69, 9.17) is 16.0 Å². The first-order valence-electron chi connectivity index (χ1n) is 8.74. The van der Waals surface area contributed by atoms with Crippen LogP contribution < -0.4 is 5.43 Å². The number of carbonyl (C=O) groups excluding carboxylic acids is 1. The van der Waals surface area contributed by atoms with Gasteiger partial charge >= 0.3 is 0 Å². The Morgan fingerprint density at radius 3 is 2.63 bits per heavy atom. The van der Waals surface area contributed by atoms with E-state index < -0.39 is 6.04 Å². The number of rotatable bonds is 4. The van der Waals surface area contributed by atoms with E-state index in [9.17, 15) is 9.59 Å². The topological polar surface area (TPSA) is 53.8 Å². The van der Waals surface area contributed by atoms with Crippen molar-refractivity contribution in [3.05, 3.63) is 80.7 Å². The third-order valence-corrected chi connectivity index (χ3v) is 5.06. The molecule has 2 heterocycles. The van der Waals surface area contributed by atoms with Crippen LogP contribution in [0.5, 0.6) is 0 Å². The van der Waals surface area contributed by atoms with E-state index in [1.54, 1.807) is 41.3 Å². The Hall–Kier alpha value is -2.63. The summed E-state index contributed by atoms with van der Waals surface area (Å²) >= 11 is 6.18. The molecule has 1 aromatic heterocycles. The Kier molecular flexibility index (Phi) is 4.50. The molecule has 0 aliphatic carbocycles. The number of hydrogen-bond donors (Lipinski definition) is 0. The highest BCUT2D eigenvalue weighted by Crippen LogP contribution is 2.38. The molecule has 2 aromatic carbocycles. The van der Waals surface area contributed by atoms with E-state index in [1.807, 2.05) is 31.1 Å². The first-order valence-corrected chi connectivity index (χ1v) is 9.12. The van der Waals surface area contributed by atoms with Crippen molar-refractivity contribution in [1.29, 1.82) is 0 Å². The van der Waals surface area contributed by atoms with Crippen molar-refractivity contribution in [2.45, 2.75) is 6.04 Å². The summed E-state index contributed by atoms with van der Waals surface area (Å²) in [6.07, 6.45) is 0. The molecule has 6 heteroatoms. The van der Waals surface area contributed by atoms with Crippen molar-refractivity contribution < 1.29 is 9.21 Å². The molecule has 1 aliphatic heterocycles. The molecular weight excluding hydrogens is 364 g/mol. The molecule has 0 radical (unpaired) electrons. The number of fused-ring (bicyclic) bond motifs is 2. The van der Waals surface area contributed by atoms with Crippen LogP contribution in [0.3, 0.4) is 0 Å². The van der Waals surface area contributed by atoms with Gasteiger partial charge in [-0.2, -0.15) is 0 Å². The lowest BCUT2D eigenvalue weighted by Gasteiger charge is -2.26. The minimum Gasteiger partial charge on any atom is -0.450 e. The lowest BCUT2D eigenvalue weighted by Crippen LogP contribution is -2.35. The summed E-state index contributed by atoms with van der Waals surface area (Å²) in [5.74, 6) is -0.137. The molecule has 3 aromatic rings. The van der Waals surface area contributed by atoms with E-state index >= 15 is 0 Å². The fourth-order valence-electron chi connectivity index (χ4n) is 3.53. The largest absolute Gasteiger partial charge is 0.450 e. The van der Waals surface area contributed by atoms with Crippen molar-refractivity contribution in [3.63, 3.8) is 0 Å². The van der Waals surface area contributed by atoms with Crippen LogP contribution >= 0.6 is 11.6 Å². The van der Waals surface area contributed by atoms with Gasteiger partial charge in [-0.1, -0.05) is 35.9 Å². The fourth-order valence-corrected chi connectivity index (χ4v) is 3.73. The van der Waals surface area contributed by atoms with E-state index in [-0.39, 0.29) is 17.1 Å². The minimum absolute atomic E-state index is 0.127. The van der Waals surface area contributed by atoms with Crippen LogP contribution in [0.2, 0.25) is 5.02 Å². The lowest BCUT2D eigenvalue weighted by molar-refractivity contribution is 0.0716. The SMILES string of the molecule is CN(C)CCN1C(=O)c2oc3ccccc3c(=O)c2[C@@H]1c1cccc(Cl)c1. The van der Waals surface area contributed by atoms with Gasteiger partial charge in [0.1, 0.15) is 5.58 Å². The van der Waals surface area contributed by atoms with E-state index in [1.165, 1.54) is 0 Å². The van der Waals surface area contributed by atoms with E-state index in [0.717, 1.165) is 5.56 Å². The molecule has 0 spiro atoms. The highest BCUT2D eigenvalue weighted by Gasteiger charge is 2.42. The number of carbonyl (C=O) groups is 1. The van der Waals surface area contributed by atoms with Gasteiger partial charge in [-0.25, -0.2) is 0 Å². The molecule has 5 nitrogen and oxygen atoms in total. The second-order valence-corrected chi connectivity index (χ2v) is 7.37. The van der Waals surface area contributed by atoms with Gasteiger partial charge in [0.15, 0.2) is 5.43 Å². The molecule has 1 aliphatic rings. The summed E-state index contributed by atoms with van der Waals surface area (Å²) in [7, 11) is 3.89. The van der Waals surface area contributed by atoms with Gasteiger partial charge < -0.3 is 14.2 Å². The van der Waals surface area contributed by atoms with Crippen LogP contribution in [0.15, 0.2) is 57.7 Å². The minimum atomic E-state index is -0.507.